The Bertz CT molecular complexity index is 705. The van der Waals surface area contributed by atoms with Gasteiger partial charge in [-0.05, 0) is 18.6 Å². The number of aryl methyl sites for hydroxylation is 2. The van der Waals surface area contributed by atoms with Gasteiger partial charge in [-0.2, -0.15) is 0 Å². The van der Waals surface area contributed by atoms with Crippen LogP contribution in [0.15, 0.2) is 34.0 Å². The molecule has 2 aromatic heterocycles. The second kappa shape index (κ2) is 10.2. The number of aliphatic imine (C=N–C) groups is 1. The quantitative estimate of drug-likeness (QED) is 0.373. The van der Waals surface area contributed by atoms with E-state index in [1.54, 1.807) is 31.6 Å². The molecule has 0 aromatic carbocycles. The molecule has 2 rings (SSSR count). The van der Waals surface area contributed by atoms with Crippen molar-refractivity contribution >= 4 is 11.9 Å². The second-order valence-electron chi connectivity index (χ2n) is 5.59. The van der Waals surface area contributed by atoms with Crippen LogP contribution in [0.4, 0.5) is 0 Å². The number of amides is 1. The molecule has 140 valence electrons. The minimum Gasteiger partial charge on any atom is -0.361 e. The maximum absolute atomic E-state index is 11.9. The van der Waals surface area contributed by atoms with Crippen molar-refractivity contribution in [1.29, 1.82) is 0 Å². The lowest BCUT2D eigenvalue weighted by Crippen LogP contribution is -2.41. The number of carbonyl (C=O) groups excluding carboxylic acids is 1. The van der Waals surface area contributed by atoms with Crippen molar-refractivity contribution in [2.24, 2.45) is 4.99 Å². The van der Waals surface area contributed by atoms with Crippen LogP contribution in [0.5, 0.6) is 0 Å². The maximum atomic E-state index is 11.9. The van der Waals surface area contributed by atoms with Gasteiger partial charge in [-0.15, -0.1) is 0 Å². The smallest absolute Gasteiger partial charge is 0.252 e. The molecule has 0 spiro atoms. The molecule has 0 atom stereocenters. The van der Waals surface area contributed by atoms with Crippen LogP contribution in [0.3, 0.4) is 0 Å². The van der Waals surface area contributed by atoms with Crippen molar-refractivity contribution in [3.8, 4) is 0 Å². The van der Waals surface area contributed by atoms with Crippen molar-refractivity contribution in [1.82, 2.24) is 26.1 Å². The van der Waals surface area contributed by atoms with Crippen molar-refractivity contribution < 1.29 is 9.32 Å². The van der Waals surface area contributed by atoms with Crippen molar-refractivity contribution in [2.75, 3.05) is 20.1 Å². The van der Waals surface area contributed by atoms with Gasteiger partial charge in [0, 0.05) is 51.1 Å². The van der Waals surface area contributed by atoms with Gasteiger partial charge in [-0.1, -0.05) is 19.0 Å². The van der Waals surface area contributed by atoms with Gasteiger partial charge < -0.3 is 20.5 Å². The summed E-state index contributed by atoms with van der Waals surface area (Å²) in [5.41, 5.74) is 2.60. The lowest BCUT2D eigenvalue weighted by molar-refractivity contribution is 0.0954. The van der Waals surface area contributed by atoms with Crippen LogP contribution in [0, 0.1) is 0 Å². The fraction of sp³-hybridized carbons (Fsp3) is 0.444. The number of rotatable bonds is 8. The number of aromatic nitrogens is 2. The molecule has 3 N–H and O–H groups in total. The van der Waals surface area contributed by atoms with Gasteiger partial charge in [0.25, 0.3) is 5.91 Å². The topological polar surface area (TPSA) is 104 Å². The number of pyridine rings is 1. The summed E-state index contributed by atoms with van der Waals surface area (Å²) >= 11 is 0. The Morgan fingerprint density at radius 2 is 2.00 bits per heavy atom. The van der Waals surface area contributed by atoms with Gasteiger partial charge in [0.1, 0.15) is 5.76 Å². The molecule has 0 aliphatic rings. The molecule has 2 aromatic rings. The highest BCUT2D eigenvalue weighted by Gasteiger charge is 2.13. The van der Waals surface area contributed by atoms with Gasteiger partial charge in [0.05, 0.1) is 11.3 Å². The Balaban J connectivity index is 1.76. The molecule has 0 aliphatic heterocycles. The molecule has 0 saturated carbocycles. The molecule has 0 bridgehead atoms. The van der Waals surface area contributed by atoms with Crippen LogP contribution in [-0.4, -0.2) is 42.1 Å². The average Bonchev–Trinajstić information content (AvgIpc) is 3.09. The number of hydrogen-bond acceptors (Lipinski definition) is 5. The molecule has 1 amide bonds. The normalized spacial score (nSPS) is 11.3. The first kappa shape index (κ1) is 19.4. The third-order valence-electron chi connectivity index (χ3n) is 3.89. The van der Waals surface area contributed by atoms with E-state index in [1.165, 1.54) is 0 Å². The van der Waals surface area contributed by atoms with Crippen LogP contribution < -0.4 is 16.0 Å². The van der Waals surface area contributed by atoms with E-state index in [1.807, 2.05) is 6.92 Å². The fourth-order valence-corrected chi connectivity index (χ4v) is 2.49. The molecule has 8 nitrogen and oxygen atoms in total. The lowest BCUT2D eigenvalue weighted by atomic mass is 10.1. The SMILES string of the molecule is CCc1noc(CC)c1CNC(=NC)NCCNC(=O)c1cccnc1. The second-order valence-corrected chi connectivity index (χ2v) is 5.59. The Kier molecular flexibility index (Phi) is 7.60. The average molecular weight is 358 g/mol. The molecule has 0 fully saturated rings. The molecule has 0 aliphatic carbocycles. The Labute approximate surface area is 153 Å². The van der Waals surface area contributed by atoms with E-state index in [-0.39, 0.29) is 5.91 Å². The summed E-state index contributed by atoms with van der Waals surface area (Å²) in [6, 6.07) is 3.46. The predicted molar refractivity (Wildman–Crippen MR) is 100 cm³/mol. The first-order valence-electron chi connectivity index (χ1n) is 8.78. The van der Waals surface area contributed by atoms with Crippen LogP contribution in [0.1, 0.15) is 41.2 Å². The fourth-order valence-electron chi connectivity index (χ4n) is 2.49. The van der Waals surface area contributed by atoms with Gasteiger partial charge in [-0.25, -0.2) is 0 Å². The van der Waals surface area contributed by atoms with Crippen molar-refractivity contribution in [3.05, 3.63) is 47.1 Å². The highest BCUT2D eigenvalue weighted by molar-refractivity contribution is 5.93. The van der Waals surface area contributed by atoms with Crippen molar-refractivity contribution in [2.45, 2.75) is 33.2 Å². The standard InChI is InChI=1S/C18H26N6O2/c1-4-15-14(16(5-2)26-24-15)12-23-18(19-3)22-10-9-21-17(25)13-7-6-8-20-11-13/h6-8,11H,4-5,9-10,12H2,1-3H3,(H,21,25)(H2,19,22,23). The van der Waals surface area contributed by atoms with Gasteiger partial charge in [-0.3, -0.25) is 14.8 Å². The molecule has 0 unspecified atom stereocenters. The first-order valence-corrected chi connectivity index (χ1v) is 8.78. The first-order chi connectivity index (χ1) is 12.7. The van der Waals surface area contributed by atoms with E-state index >= 15 is 0 Å². The molecule has 8 heteroatoms. The highest BCUT2D eigenvalue weighted by Crippen LogP contribution is 2.15. The zero-order valence-electron chi connectivity index (χ0n) is 15.5. The van der Waals surface area contributed by atoms with Gasteiger partial charge in [0.15, 0.2) is 5.96 Å². The summed E-state index contributed by atoms with van der Waals surface area (Å²) in [6.45, 7) is 5.72. The molecule has 0 radical (unpaired) electrons. The molecule has 2 heterocycles. The van der Waals surface area contributed by atoms with Crippen LogP contribution in [0.25, 0.3) is 0 Å². The minimum absolute atomic E-state index is 0.146. The van der Waals surface area contributed by atoms with E-state index in [2.05, 4.69) is 38.0 Å². The summed E-state index contributed by atoms with van der Waals surface area (Å²) < 4.78 is 5.37. The number of carbonyl (C=O) groups is 1. The van der Waals surface area contributed by atoms with Crippen LogP contribution in [0.2, 0.25) is 0 Å². The summed E-state index contributed by atoms with van der Waals surface area (Å²) in [4.78, 5) is 20.1. The monoisotopic (exact) mass is 358 g/mol. The van der Waals surface area contributed by atoms with Crippen molar-refractivity contribution in [3.63, 3.8) is 0 Å². The number of guanidine groups is 1. The summed E-state index contributed by atoms with van der Waals surface area (Å²) in [5, 5.41) is 13.4. The van der Waals surface area contributed by atoms with E-state index in [4.69, 9.17) is 4.52 Å². The zero-order valence-corrected chi connectivity index (χ0v) is 15.5. The van der Waals surface area contributed by atoms with Crippen LogP contribution in [-0.2, 0) is 19.4 Å². The molecule has 0 saturated heterocycles. The number of nitrogens with one attached hydrogen (secondary N) is 3. The minimum atomic E-state index is -0.146. The number of hydrogen-bond donors (Lipinski definition) is 3. The summed E-state index contributed by atoms with van der Waals surface area (Å²) in [6.07, 6.45) is 4.81. The van der Waals surface area contributed by atoms with Crippen LogP contribution >= 0.6 is 0 Å². The maximum Gasteiger partial charge on any atom is 0.252 e. The van der Waals surface area contributed by atoms with Gasteiger partial charge in [0.2, 0.25) is 0 Å². The molecular weight excluding hydrogens is 332 g/mol. The highest BCUT2D eigenvalue weighted by atomic mass is 16.5. The predicted octanol–water partition coefficient (Wildman–Crippen LogP) is 1.29. The zero-order chi connectivity index (χ0) is 18.8. The largest absolute Gasteiger partial charge is 0.361 e. The Hall–Kier alpha value is -2.90. The third kappa shape index (κ3) is 5.30. The summed E-state index contributed by atoms with van der Waals surface area (Å²) in [5.74, 6) is 1.41. The molecular formula is C18H26N6O2. The van der Waals surface area contributed by atoms with E-state index in [0.29, 0.717) is 31.2 Å². The lowest BCUT2D eigenvalue weighted by Gasteiger charge is -2.12. The van der Waals surface area contributed by atoms with E-state index < -0.39 is 0 Å². The third-order valence-corrected chi connectivity index (χ3v) is 3.89. The number of nitrogens with zero attached hydrogens (tertiary/aromatic N) is 3. The Morgan fingerprint density at radius 1 is 1.19 bits per heavy atom. The molecule has 26 heavy (non-hydrogen) atoms. The van der Waals surface area contributed by atoms with E-state index in [0.717, 1.165) is 29.9 Å². The summed E-state index contributed by atoms with van der Waals surface area (Å²) in [7, 11) is 1.71. The van der Waals surface area contributed by atoms with E-state index in [9.17, 15) is 4.79 Å². The Morgan fingerprint density at radius 3 is 2.65 bits per heavy atom. The van der Waals surface area contributed by atoms with Gasteiger partial charge >= 0.3 is 0 Å².